The quantitative estimate of drug-likeness (QED) is 0.694. The van der Waals surface area contributed by atoms with Crippen molar-refractivity contribution in [3.8, 4) is 0 Å². The number of alkyl halides is 1. The lowest BCUT2D eigenvalue weighted by atomic mass is 10.2. The van der Waals surface area contributed by atoms with E-state index in [0.29, 0.717) is 5.58 Å². The predicted octanol–water partition coefficient (Wildman–Crippen LogP) is 2.25. The molecule has 0 radical (unpaired) electrons. The highest BCUT2D eigenvalue weighted by molar-refractivity contribution is 6.30. The topological polar surface area (TPSA) is 68.5 Å². The van der Waals surface area contributed by atoms with Gasteiger partial charge in [-0.25, -0.2) is 0 Å². The molecule has 0 saturated carbocycles. The van der Waals surface area contributed by atoms with Gasteiger partial charge in [-0.3, -0.25) is 9.59 Å². The van der Waals surface area contributed by atoms with Gasteiger partial charge in [-0.05, 0) is 25.1 Å². The molecule has 0 aliphatic carbocycles. The standard InChI is InChI=1S/C14H14ClNO4/c1-8-3-4-11-9(5-8)6-12(20-11)13(17)16-7-10(15)14(18)19-2/h3-6,10H,7H2,1-2H3,(H,16,17). The highest BCUT2D eigenvalue weighted by Gasteiger charge is 2.18. The molecule has 0 spiro atoms. The van der Waals surface area contributed by atoms with Gasteiger partial charge < -0.3 is 14.5 Å². The number of hydrogen-bond donors (Lipinski definition) is 1. The molecule has 1 heterocycles. The smallest absolute Gasteiger partial charge is 0.325 e. The van der Waals surface area contributed by atoms with Gasteiger partial charge in [0.2, 0.25) is 0 Å². The van der Waals surface area contributed by atoms with E-state index in [0.717, 1.165) is 10.9 Å². The second-order valence-corrected chi connectivity index (χ2v) is 4.88. The maximum Gasteiger partial charge on any atom is 0.325 e. The Bertz CT molecular complexity index is 650. The van der Waals surface area contributed by atoms with Crippen molar-refractivity contribution in [3.63, 3.8) is 0 Å². The van der Waals surface area contributed by atoms with Crippen LogP contribution in [-0.4, -0.2) is 30.9 Å². The van der Waals surface area contributed by atoms with E-state index >= 15 is 0 Å². The lowest BCUT2D eigenvalue weighted by Gasteiger charge is -2.07. The third-order valence-corrected chi connectivity index (χ3v) is 3.13. The second kappa shape index (κ2) is 5.96. The van der Waals surface area contributed by atoms with Crippen molar-refractivity contribution in [1.82, 2.24) is 5.32 Å². The molecule has 6 heteroatoms. The minimum absolute atomic E-state index is 0.0247. The van der Waals surface area contributed by atoms with Crippen molar-refractivity contribution in [2.45, 2.75) is 12.3 Å². The summed E-state index contributed by atoms with van der Waals surface area (Å²) in [5.74, 6) is -0.833. The Kier molecular flexibility index (Phi) is 4.29. The number of esters is 1. The van der Waals surface area contributed by atoms with Crippen LogP contribution in [0.3, 0.4) is 0 Å². The summed E-state index contributed by atoms with van der Waals surface area (Å²) in [7, 11) is 1.24. The van der Waals surface area contributed by atoms with Gasteiger partial charge in [-0.2, -0.15) is 0 Å². The molecule has 0 aliphatic heterocycles. The minimum atomic E-state index is -0.921. The van der Waals surface area contributed by atoms with Crippen LogP contribution >= 0.6 is 11.6 Å². The van der Waals surface area contributed by atoms with Crippen LogP contribution in [0.2, 0.25) is 0 Å². The molecule has 1 unspecified atom stereocenters. The molecule has 0 fully saturated rings. The van der Waals surface area contributed by atoms with Gasteiger partial charge in [-0.1, -0.05) is 11.6 Å². The number of amides is 1. The maximum atomic E-state index is 11.9. The molecule has 2 aromatic rings. The zero-order valence-electron chi connectivity index (χ0n) is 11.1. The molecular formula is C14H14ClNO4. The lowest BCUT2D eigenvalue weighted by molar-refractivity contribution is -0.140. The predicted molar refractivity (Wildman–Crippen MR) is 74.9 cm³/mol. The van der Waals surface area contributed by atoms with E-state index in [1.807, 2.05) is 19.1 Å². The van der Waals surface area contributed by atoms with Gasteiger partial charge >= 0.3 is 5.97 Å². The van der Waals surface area contributed by atoms with E-state index in [9.17, 15) is 9.59 Å². The Balaban J connectivity index is 2.06. The number of fused-ring (bicyclic) bond motifs is 1. The lowest BCUT2D eigenvalue weighted by Crippen LogP contribution is -2.34. The first-order chi connectivity index (χ1) is 9.51. The van der Waals surface area contributed by atoms with Crippen LogP contribution in [0.4, 0.5) is 0 Å². The fraction of sp³-hybridized carbons (Fsp3) is 0.286. The summed E-state index contributed by atoms with van der Waals surface area (Å²) in [4.78, 5) is 23.0. The number of carbonyl (C=O) groups excluding carboxylic acids is 2. The number of hydrogen-bond acceptors (Lipinski definition) is 4. The number of aryl methyl sites for hydroxylation is 1. The summed E-state index contributed by atoms with van der Waals surface area (Å²) in [6, 6.07) is 7.28. The highest BCUT2D eigenvalue weighted by atomic mass is 35.5. The molecule has 1 amide bonds. The van der Waals surface area contributed by atoms with Crippen molar-refractivity contribution in [2.24, 2.45) is 0 Å². The maximum absolute atomic E-state index is 11.9. The van der Waals surface area contributed by atoms with Crippen molar-refractivity contribution in [3.05, 3.63) is 35.6 Å². The molecule has 0 saturated heterocycles. The molecule has 1 aromatic carbocycles. The summed E-state index contributed by atoms with van der Waals surface area (Å²) < 4.78 is 9.90. The van der Waals surface area contributed by atoms with E-state index in [2.05, 4.69) is 10.1 Å². The van der Waals surface area contributed by atoms with Crippen LogP contribution in [0.1, 0.15) is 16.1 Å². The van der Waals surface area contributed by atoms with Crippen LogP contribution in [0, 0.1) is 6.92 Å². The van der Waals surface area contributed by atoms with Crippen LogP contribution in [0.15, 0.2) is 28.7 Å². The third-order valence-electron chi connectivity index (χ3n) is 2.79. The van der Waals surface area contributed by atoms with Crippen LogP contribution in [0.5, 0.6) is 0 Å². The Morgan fingerprint density at radius 3 is 2.85 bits per heavy atom. The Morgan fingerprint density at radius 2 is 2.15 bits per heavy atom. The molecule has 0 aliphatic rings. The van der Waals surface area contributed by atoms with Gasteiger partial charge in [0, 0.05) is 11.9 Å². The summed E-state index contributed by atoms with van der Waals surface area (Å²) in [6.07, 6.45) is 0. The first kappa shape index (κ1) is 14.4. The van der Waals surface area contributed by atoms with E-state index < -0.39 is 17.3 Å². The number of halogens is 1. The van der Waals surface area contributed by atoms with Crippen LogP contribution in [0.25, 0.3) is 11.0 Å². The normalized spacial score (nSPS) is 12.2. The van der Waals surface area contributed by atoms with Gasteiger partial charge in [0.25, 0.3) is 5.91 Å². The monoisotopic (exact) mass is 295 g/mol. The highest BCUT2D eigenvalue weighted by Crippen LogP contribution is 2.20. The van der Waals surface area contributed by atoms with Gasteiger partial charge in [-0.15, -0.1) is 11.6 Å². The SMILES string of the molecule is COC(=O)C(Cl)CNC(=O)c1cc2cc(C)ccc2o1. The van der Waals surface area contributed by atoms with Gasteiger partial charge in [0.05, 0.1) is 7.11 Å². The average Bonchev–Trinajstić information content (AvgIpc) is 2.86. The van der Waals surface area contributed by atoms with Crippen molar-refractivity contribution < 1.29 is 18.7 Å². The van der Waals surface area contributed by atoms with Crippen molar-refractivity contribution >= 4 is 34.4 Å². The molecule has 1 atom stereocenters. The molecule has 20 heavy (non-hydrogen) atoms. The van der Waals surface area contributed by atoms with E-state index in [1.165, 1.54) is 7.11 Å². The molecule has 0 bridgehead atoms. The van der Waals surface area contributed by atoms with E-state index in [4.69, 9.17) is 16.0 Å². The van der Waals surface area contributed by atoms with Crippen molar-refractivity contribution in [2.75, 3.05) is 13.7 Å². The van der Waals surface area contributed by atoms with E-state index in [1.54, 1.807) is 12.1 Å². The largest absolute Gasteiger partial charge is 0.468 e. The number of carbonyl (C=O) groups is 2. The number of benzene rings is 1. The fourth-order valence-electron chi connectivity index (χ4n) is 1.76. The summed E-state index contributed by atoms with van der Waals surface area (Å²) >= 11 is 5.74. The van der Waals surface area contributed by atoms with Crippen LogP contribution < -0.4 is 5.32 Å². The summed E-state index contributed by atoms with van der Waals surface area (Å²) in [5, 5.41) is 2.46. The molecule has 106 valence electrons. The number of nitrogens with one attached hydrogen (secondary N) is 1. The number of rotatable bonds is 4. The Morgan fingerprint density at radius 1 is 1.40 bits per heavy atom. The minimum Gasteiger partial charge on any atom is -0.468 e. The second-order valence-electron chi connectivity index (χ2n) is 4.35. The Labute approximate surface area is 120 Å². The number of ether oxygens (including phenoxy) is 1. The molecular weight excluding hydrogens is 282 g/mol. The average molecular weight is 296 g/mol. The summed E-state index contributed by atoms with van der Waals surface area (Å²) in [5.41, 5.74) is 1.72. The van der Waals surface area contributed by atoms with Gasteiger partial charge in [0.15, 0.2) is 5.76 Å². The first-order valence-corrected chi connectivity index (χ1v) is 6.45. The number of methoxy groups -OCH3 is 1. The zero-order valence-corrected chi connectivity index (χ0v) is 11.9. The first-order valence-electron chi connectivity index (χ1n) is 6.01. The fourth-order valence-corrected chi connectivity index (χ4v) is 1.92. The van der Waals surface area contributed by atoms with E-state index in [-0.39, 0.29) is 12.3 Å². The molecule has 5 nitrogen and oxygen atoms in total. The molecule has 1 N–H and O–H groups in total. The summed E-state index contributed by atoms with van der Waals surface area (Å²) in [6.45, 7) is 1.93. The van der Waals surface area contributed by atoms with Gasteiger partial charge in [0.1, 0.15) is 11.0 Å². The van der Waals surface area contributed by atoms with Crippen molar-refractivity contribution in [1.29, 1.82) is 0 Å². The molecule has 2 rings (SSSR count). The third kappa shape index (κ3) is 3.11. The zero-order chi connectivity index (χ0) is 14.7. The van der Waals surface area contributed by atoms with Crippen LogP contribution in [-0.2, 0) is 9.53 Å². The molecule has 1 aromatic heterocycles. The number of furan rings is 1. The Hall–Kier alpha value is -2.01.